The number of benzene rings is 1. The van der Waals surface area contributed by atoms with Crippen LogP contribution >= 0.6 is 0 Å². The predicted molar refractivity (Wildman–Crippen MR) is 169 cm³/mol. The van der Waals surface area contributed by atoms with E-state index in [0.717, 1.165) is 60.5 Å². The Labute approximate surface area is 258 Å². The lowest BCUT2D eigenvalue weighted by molar-refractivity contribution is -0.141. The molecule has 3 fully saturated rings. The summed E-state index contributed by atoms with van der Waals surface area (Å²) >= 11 is 0. The minimum absolute atomic E-state index is 0.0766. The highest BCUT2D eigenvalue weighted by atomic mass is 16.4. The molecule has 7 nitrogen and oxygen atoms in total. The molecule has 0 aliphatic heterocycles. The lowest BCUT2D eigenvalue weighted by atomic mass is 9.47. The van der Waals surface area contributed by atoms with Crippen LogP contribution < -0.4 is 5.73 Å². The van der Waals surface area contributed by atoms with Gasteiger partial charge in [0.2, 0.25) is 0 Å². The molecule has 0 aromatic heterocycles. The monoisotopic (exact) mass is 599 g/mol. The number of rotatable bonds is 8. The van der Waals surface area contributed by atoms with Crippen LogP contribution in [0.2, 0.25) is 0 Å². The summed E-state index contributed by atoms with van der Waals surface area (Å²) in [5.41, 5.74) is 7.91. The first-order valence-electron chi connectivity index (χ1n) is 16.7. The molecule has 0 bridgehead atoms. The highest BCUT2D eigenvalue weighted by Crippen LogP contribution is 2.67. The number of aromatic hydroxyl groups is 2. The van der Waals surface area contributed by atoms with Crippen molar-refractivity contribution < 1.29 is 30.3 Å². The third-order valence-electron chi connectivity index (χ3n) is 12.2. The van der Waals surface area contributed by atoms with E-state index < -0.39 is 23.9 Å². The van der Waals surface area contributed by atoms with Crippen LogP contribution in [0.25, 0.3) is 0 Å². The molecule has 0 amide bonds. The summed E-state index contributed by atoms with van der Waals surface area (Å²) in [7, 11) is 0. The number of fused-ring (bicyclic) bond motifs is 5. The Kier molecular flexibility index (Phi) is 10.6. The van der Waals surface area contributed by atoms with E-state index in [-0.39, 0.29) is 17.4 Å². The summed E-state index contributed by atoms with van der Waals surface area (Å²) in [5, 5.41) is 46.3. The van der Waals surface area contributed by atoms with Gasteiger partial charge in [-0.25, -0.2) is 0 Å². The molecule has 1 aromatic carbocycles. The first-order chi connectivity index (χ1) is 20.2. The topological polar surface area (TPSA) is 144 Å². The number of hydrogen-bond donors (Lipinski definition) is 6. The van der Waals surface area contributed by atoms with Gasteiger partial charge < -0.3 is 31.3 Å². The van der Waals surface area contributed by atoms with Crippen molar-refractivity contribution in [1.29, 1.82) is 0 Å². The minimum Gasteiger partial charge on any atom is -0.504 e. The Morgan fingerprint density at radius 2 is 1.72 bits per heavy atom. The SMILES string of the molecule is CC(C)CCC[C@@H](C)[C@H]1CC[C@H]2[C@@H]3CC=C4C[C@@H](O)CC[C@]4(C)[C@H]3CC[C@]12C.N[C@H](C(=O)O)[C@@H](O)c1ccc(O)c(O)c1. The van der Waals surface area contributed by atoms with Gasteiger partial charge in [-0.05, 0) is 115 Å². The molecule has 43 heavy (non-hydrogen) atoms. The molecule has 0 saturated heterocycles. The first-order valence-corrected chi connectivity index (χ1v) is 16.7. The number of aliphatic hydroxyl groups is 2. The quantitative estimate of drug-likeness (QED) is 0.140. The fourth-order valence-electron chi connectivity index (χ4n) is 9.73. The van der Waals surface area contributed by atoms with Crippen LogP contribution in [0.1, 0.15) is 117 Å². The molecular formula is C36H57NO6. The van der Waals surface area contributed by atoms with E-state index in [1.54, 1.807) is 5.57 Å². The Balaban J connectivity index is 0.000000239. The second-order valence-corrected chi connectivity index (χ2v) is 15.2. The van der Waals surface area contributed by atoms with Crippen LogP contribution in [0.3, 0.4) is 0 Å². The largest absolute Gasteiger partial charge is 0.504 e. The summed E-state index contributed by atoms with van der Waals surface area (Å²) in [6.07, 6.45) is 15.7. The number of phenols is 2. The van der Waals surface area contributed by atoms with Gasteiger partial charge in [0.15, 0.2) is 11.5 Å². The molecule has 10 atom stereocenters. The highest BCUT2D eigenvalue weighted by Gasteiger charge is 2.59. The van der Waals surface area contributed by atoms with Gasteiger partial charge in [0.25, 0.3) is 0 Å². The summed E-state index contributed by atoms with van der Waals surface area (Å²) in [4.78, 5) is 10.5. The summed E-state index contributed by atoms with van der Waals surface area (Å²) in [6, 6.07) is 2.00. The van der Waals surface area contributed by atoms with Crippen molar-refractivity contribution in [2.75, 3.05) is 0 Å². The molecular weight excluding hydrogens is 542 g/mol. The van der Waals surface area contributed by atoms with Crippen molar-refractivity contribution in [2.45, 2.75) is 123 Å². The molecule has 5 rings (SSSR count). The zero-order chi connectivity index (χ0) is 31.7. The molecule has 0 unspecified atom stereocenters. The number of phenolic OH excluding ortho intramolecular Hbond substituents is 2. The zero-order valence-corrected chi connectivity index (χ0v) is 27.0. The average molecular weight is 600 g/mol. The Hall–Kier alpha value is -2.09. The number of nitrogens with two attached hydrogens (primary N) is 1. The number of carboxylic acid groups (broad SMARTS) is 1. The Morgan fingerprint density at radius 3 is 2.37 bits per heavy atom. The number of aliphatic carboxylic acids is 1. The van der Waals surface area contributed by atoms with Crippen LogP contribution in [0, 0.1) is 46.3 Å². The highest BCUT2D eigenvalue weighted by molar-refractivity contribution is 5.74. The lowest BCUT2D eigenvalue weighted by Gasteiger charge is -2.58. The van der Waals surface area contributed by atoms with Gasteiger partial charge in [-0.15, -0.1) is 0 Å². The maximum Gasteiger partial charge on any atom is 0.323 e. The van der Waals surface area contributed by atoms with Crippen molar-refractivity contribution in [3.63, 3.8) is 0 Å². The molecule has 7 heteroatoms. The van der Waals surface area contributed by atoms with Crippen molar-refractivity contribution in [2.24, 2.45) is 52.1 Å². The van der Waals surface area contributed by atoms with Gasteiger partial charge in [0, 0.05) is 0 Å². The third kappa shape index (κ3) is 6.94. The van der Waals surface area contributed by atoms with E-state index in [1.165, 1.54) is 63.9 Å². The predicted octanol–water partition coefficient (Wildman–Crippen LogP) is 6.93. The van der Waals surface area contributed by atoms with E-state index in [0.29, 0.717) is 10.8 Å². The number of allylic oxidation sites excluding steroid dienone is 1. The van der Waals surface area contributed by atoms with Gasteiger partial charge in [-0.1, -0.05) is 71.6 Å². The van der Waals surface area contributed by atoms with Crippen LogP contribution in [0.15, 0.2) is 29.8 Å². The minimum atomic E-state index is -1.48. The van der Waals surface area contributed by atoms with E-state index in [2.05, 4.69) is 40.7 Å². The number of carbonyl (C=O) groups is 1. The standard InChI is InChI=1S/C27H46O.C9H11NO5/c1-18(2)7-6-8-19(3)23-11-12-24-22-10-9-20-17-21(28)13-15-26(20,4)25(22)14-16-27(23,24)5;10-7(9(14)15)8(13)4-1-2-5(11)6(12)3-4/h9,18-19,21-25,28H,6-8,10-17H2,1-5H3;1-3,7-8,11-13H,10H2,(H,14,15)/t19-,21+,22+,23-,24+,25+,26+,27-;7-,8-/m10/s1. The van der Waals surface area contributed by atoms with Crippen molar-refractivity contribution in [3.05, 3.63) is 35.4 Å². The first kappa shape index (κ1) is 33.8. The maximum atomic E-state index is 10.5. The van der Waals surface area contributed by atoms with Gasteiger partial charge >= 0.3 is 5.97 Å². The maximum absolute atomic E-state index is 10.5. The Bertz CT molecular complexity index is 1150. The molecule has 4 aliphatic carbocycles. The van der Waals surface area contributed by atoms with Gasteiger partial charge in [-0.2, -0.15) is 0 Å². The van der Waals surface area contributed by atoms with E-state index in [1.807, 2.05) is 0 Å². The Morgan fingerprint density at radius 1 is 1.00 bits per heavy atom. The second kappa shape index (κ2) is 13.5. The van der Waals surface area contributed by atoms with Crippen LogP contribution in [-0.2, 0) is 4.79 Å². The molecule has 242 valence electrons. The number of carboxylic acids is 1. The fourth-order valence-corrected chi connectivity index (χ4v) is 9.73. The van der Waals surface area contributed by atoms with Crippen molar-refractivity contribution in [3.8, 4) is 11.5 Å². The number of aliphatic hydroxyl groups excluding tert-OH is 2. The van der Waals surface area contributed by atoms with E-state index >= 15 is 0 Å². The molecule has 0 radical (unpaired) electrons. The normalized spacial score (nSPS) is 35.4. The number of hydrogen-bond acceptors (Lipinski definition) is 6. The van der Waals surface area contributed by atoms with Crippen LogP contribution in [-0.4, -0.2) is 43.6 Å². The third-order valence-corrected chi connectivity index (χ3v) is 12.2. The summed E-state index contributed by atoms with van der Waals surface area (Å²) in [5.74, 6) is 3.31. The zero-order valence-electron chi connectivity index (χ0n) is 27.0. The molecule has 0 heterocycles. The van der Waals surface area contributed by atoms with Crippen molar-refractivity contribution >= 4 is 5.97 Å². The molecule has 0 spiro atoms. The molecule has 1 aromatic rings. The van der Waals surface area contributed by atoms with Gasteiger partial charge in [-0.3, -0.25) is 4.79 Å². The molecule has 4 aliphatic rings. The van der Waals surface area contributed by atoms with Gasteiger partial charge in [0.1, 0.15) is 12.1 Å². The lowest BCUT2D eigenvalue weighted by Crippen LogP contribution is -2.50. The average Bonchev–Trinajstić information content (AvgIpc) is 3.31. The summed E-state index contributed by atoms with van der Waals surface area (Å²) < 4.78 is 0. The van der Waals surface area contributed by atoms with Crippen LogP contribution in [0.4, 0.5) is 0 Å². The van der Waals surface area contributed by atoms with Crippen LogP contribution in [0.5, 0.6) is 11.5 Å². The van der Waals surface area contributed by atoms with Gasteiger partial charge in [0.05, 0.1) is 6.10 Å². The smallest absolute Gasteiger partial charge is 0.323 e. The van der Waals surface area contributed by atoms with Crippen molar-refractivity contribution in [1.82, 2.24) is 0 Å². The van der Waals surface area contributed by atoms with E-state index in [4.69, 9.17) is 21.1 Å². The van der Waals surface area contributed by atoms with E-state index in [9.17, 15) is 15.0 Å². The fraction of sp³-hybridized carbons (Fsp3) is 0.750. The second-order valence-electron chi connectivity index (χ2n) is 15.2. The molecule has 7 N–H and O–H groups in total. The summed E-state index contributed by atoms with van der Waals surface area (Å²) in [6.45, 7) is 12.6. The molecule has 3 saturated carbocycles.